The van der Waals surface area contributed by atoms with Gasteiger partial charge in [0.05, 0.1) is 0 Å². The van der Waals surface area contributed by atoms with E-state index in [-0.39, 0.29) is 5.84 Å². The van der Waals surface area contributed by atoms with Gasteiger partial charge in [-0.1, -0.05) is 30.2 Å². The van der Waals surface area contributed by atoms with Crippen LogP contribution in [0.15, 0.2) is 18.2 Å². The van der Waals surface area contributed by atoms with Crippen LogP contribution < -0.4 is 5.73 Å². The first-order valence-corrected chi connectivity index (χ1v) is 8.22. The fourth-order valence-corrected chi connectivity index (χ4v) is 4.44. The standard InChI is InChI=1S/C17H24ClN3/c1-21(10-15-7-11-2-3-12(15)6-11)9-14-5-4-13(17(19)20)8-16(14)18/h4-5,8,11-12,15H,2-3,6-7,9-10H2,1H3,(H3,19,20). The minimum absolute atomic E-state index is 0.0683. The minimum atomic E-state index is 0.0683. The van der Waals surface area contributed by atoms with Crippen LogP contribution >= 0.6 is 11.6 Å². The molecule has 3 nitrogen and oxygen atoms in total. The van der Waals surface area contributed by atoms with Crippen molar-refractivity contribution < 1.29 is 0 Å². The molecule has 3 unspecified atom stereocenters. The smallest absolute Gasteiger partial charge is 0.122 e. The van der Waals surface area contributed by atoms with Gasteiger partial charge in [-0.3, -0.25) is 5.41 Å². The molecule has 21 heavy (non-hydrogen) atoms. The van der Waals surface area contributed by atoms with Crippen molar-refractivity contribution in [3.8, 4) is 0 Å². The molecular weight excluding hydrogens is 282 g/mol. The summed E-state index contributed by atoms with van der Waals surface area (Å²) in [5, 5.41) is 8.16. The molecule has 0 aromatic heterocycles. The van der Waals surface area contributed by atoms with Gasteiger partial charge in [0.2, 0.25) is 0 Å². The van der Waals surface area contributed by atoms with Crippen LogP contribution in [-0.4, -0.2) is 24.3 Å². The Balaban J connectivity index is 1.59. The molecule has 1 aromatic rings. The highest BCUT2D eigenvalue weighted by Crippen LogP contribution is 2.48. The number of nitrogens with zero attached hydrogens (tertiary/aromatic N) is 1. The Kier molecular flexibility index (Phi) is 4.23. The third-order valence-electron chi connectivity index (χ3n) is 5.24. The summed E-state index contributed by atoms with van der Waals surface area (Å²) in [5.74, 6) is 2.92. The summed E-state index contributed by atoms with van der Waals surface area (Å²) >= 11 is 6.32. The molecule has 2 saturated carbocycles. The SMILES string of the molecule is CN(Cc1ccc(C(=N)N)cc1Cl)CC1CC2CCC1C2. The first kappa shape index (κ1) is 14.9. The van der Waals surface area contributed by atoms with E-state index in [1.54, 1.807) is 6.07 Å². The Bertz CT molecular complexity index is 543. The Morgan fingerprint density at radius 3 is 2.76 bits per heavy atom. The summed E-state index contributed by atoms with van der Waals surface area (Å²) in [7, 11) is 2.18. The molecule has 0 heterocycles. The van der Waals surface area contributed by atoms with E-state index in [4.69, 9.17) is 22.7 Å². The molecule has 3 atom stereocenters. The van der Waals surface area contributed by atoms with Gasteiger partial charge < -0.3 is 10.6 Å². The lowest BCUT2D eigenvalue weighted by Gasteiger charge is -2.27. The van der Waals surface area contributed by atoms with Crippen LogP contribution in [-0.2, 0) is 6.54 Å². The van der Waals surface area contributed by atoms with Crippen LogP contribution in [0.2, 0.25) is 5.02 Å². The summed E-state index contributed by atoms with van der Waals surface area (Å²) in [6, 6.07) is 5.68. The minimum Gasteiger partial charge on any atom is -0.384 e. The number of benzene rings is 1. The Labute approximate surface area is 132 Å². The van der Waals surface area contributed by atoms with Gasteiger partial charge in [0.25, 0.3) is 0 Å². The normalized spacial score (nSPS) is 27.5. The summed E-state index contributed by atoms with van der Waals surface area (Å²) in [6.45, 7) is 2.04. The van der Waals surface area contributed by atoms with E-state index in [1.807, 2.05) is 12.1 Å². The highest BCUT2D eigenvalue weighted by molar-refractivity contribution is 6.31. The maximum Gasteiger partial charge on any atom is 0.122 e. The zero-order valence-electron chi connectivity index (χ0n) is 12.6. The van der Waals surface area contributed by atoms with E-state index in [0.717, 1.165) is 29.9 Å². The summed E-state index contributed by atoms with van der Waals surface area (Å²) in [4.78, 5) is 2.39. The van der Waals surface area contributed by atoms with Gasteiger partial charge in [0.15, 0.2) is 0 Å². The molecular formula is C17H24ClN3. The van der Waals surface area contributed by atoms with Gasteiger partial charge in [-0.05, 0) is 55.7 Å². The maximum atomic E-state index is 7.45. The van der Waals surface area contributed by atoms with Gasteiger partial charge in [-0.25, -0.2) is 0 Å². The van der Waals surface area contributed by atoms with E-state index >= 15 is 0 Å². The summed E-state index contributed by atoms with van der Waals surface area (Å²) < 4.78 is 0. The van der Waals surface area contributed by atoms with Gasteiger partial charge in [0.1, 0.15) is 5.84 Å². The molecule has 2 aliphatic rings. The number of hydrogen-bond donors (Lipinski definition) is 2. The number of nitrogens with one attached hydrogen (secondary N) is 1. The van der Waals surface area contributed by atoms with Crippen molar-refractivity contribution in [2.75, 3.05) is 13.6 Å². The van der Waals surface area contributed by atoms with Crippen LogP contribution in [0.1, 0.15) is 36.8 Å². The summed E-state index contributed by atoms with van der Waals surface area (Å²) in [6.07, 6.45) is 5.79. The second-order valence-electron chi connectivity index (χ2n) is 6.85. The zero-order valence-corrected chi connectivity index (χ0v) is 13.4. The average Bonchev–Trinajstić information content (AvgIpc) is 3.03. The fourth-order valence-electron chi connectivity index (χ4n) is 4.20. The monoisotopic (exact) mass is 305 g/mol. The number of halogens is 1. The Morgan fingerprint density at radius 2 is 2.19 bits per heavy atom. The van der Waals surface area contributed by atoms with Crippen molar-refractivity contribution in [3.05, 3.63) is 34.3 Å². The van der Waals surface area contributed by atoms with Crippen LogP contribution in [0, 0.1) is 23.2 Å². The van der Waals surface area contributed by atoms with Crippen molar-refractivity contribution in [2.45, 2.75) is 32.2 Å². The largest absolute Gasteiger partial charge is 0.384 e. The number of hydrogen-bond acceptors (Lipinski definition) is 2. The van der Waals surface area contributed by atoms with Gasteiger partial charge >= 0.3 is 0 Å². The van der Waals surface area contributed by atoms with Gasteiger partial charge in [-0.15, -0.1) is 0 Å². The highest BCUT2D eigenvalue weighted by atomic mass is 35.5. The van der Waals surface area contributed by atoms with E-state index in [1.165, 1.54) is 32.2 Å². The Hall–Kier alpha value is -1.06. The molecule has 3 N–H and O–H groups in total. The van der Waals surface area contributed by atoms with E-state index in [9.17, 15) is 0 Å². The molecule has 2 aliphatic carbocycles. The van der Waals surface area contributed by atoms with E-state index in [0.29, 0.717) is 10.6 Å². The lowest BCUT2D eigenvalue weighted by molar-refractivity contribution is 0.214. The third-order valence-corrected chi connectivity index (χ3v) is 5.59. The van der Waals surface area contributed by atoms with Gasteiger partial charge in [0, 0.05) is 23.7 Å². The van der Waals surface area contributed by atoms with Crippen molar-refractivity contribution in [1.29, 1.82) is 5.41 Å². The molecule has 0 saturated heterocycles. The van der Waals surface area contributed by atoms with Crippen LogP contribution in [0.4, 0.5) is 0 Å². The molecule has 0 amide bonds. The number of amidine groups is 1. The average molecular weight is 306 g/mol. The van der Waals surface area contributed by atoms with E-state index < -0.39 is 0 Å². The van der Waals surface area contributed by atoms with Crippen molar-refractivity contribution in [3.63, 3.8) is 0 Å². The topological polar surface area (TPSA) is 53.1 Å². The molecule has 1 aromatic carbocycles. The van der Waals surface area contributed by atoms with Crippen molar-refractivity contribution >= 4 is 17.4 Å². The number of rotatable bonds is 5. The fraction of sp³-hybridized carbons (Fsp3) is 0.588. The van der Waals surface area contributed by atoms with Crippen LogP contribution in [0.5, 0.6) is 0 Å². The highest BCUT2D eigenvalue weighted by Gasteiger charge is 2.39. The predicted octanol–water partition coefficient (Wildman–Crippen LogP) is 3.49. The number of fused-ring (bicyclic) bond motifs is 2. The van der Waals surface area contributed by atoms with Gasteiger partial charge in [-0.2, -0.15) is 0 Å². The van der Waals surface area contributed by atoms with Crippen LogP contribution in [0.3, 0.4) is 0 Å². The first-order chi connectivity index (χ1) is 10.0. The first-order valence-electron chi connectivity index (χ1n) is 7.84. The Morgan fingerprint density at radius 1 is 1.38 bits per heavy atom. The maximum absolute atomic E-state index is 7.45. The lowest BCUT2D eigenvalue weighted by Crippen LogP contribution is -2.28. The molecule has 0 radical (unpaired) electrons. The molecule has 0 aliphatic heterocycles. The number of nitrogens with two attached hydrogens (primary N) is 1. The third kappa shape index (κ3) is 3.24. The molecule has 4 heteroatoms. The molecule has 2 bridgehead atoms. The second-order valence-corrected chi connectivity index (χ2v) is 7.26. The summed E-state index contributed by atoms with van der Waals surface area (Å²) in [5.41, 5.74) is 7.30. The van der Waals surface area contributed by atoms with E-state index in [2.05, 4.69) is 11.9 Å². The quantitative estimate of drug-likeness (QED) is 0.646. The van der Waals surface area contributed by atoms with Crippen molar-refractivity contribution in [2.24, 2.45) is 23.5 Å². The predicted molar refractivity (Wildman–Crippen MR) is 87.7 cm³/mol. The lowest BCUT2D eigenvalue weighted by atomic mass is 9.88. The molecule has 114 valence electrons. The number of nitrogen functional groups attached to an aromatic ring is 1. The molecule has 2 fully saturated rings. The molecule has 3 rings (SSSR count). The van der Waals surface area contributed by atoms with Crippen LogP contribution in [0.25, 0.3) is 0 Å². The second kappa shape index (κ2) is 5.98. The molecule has 0 spiro atoms. The zero-order chi connectivity index (χ0) is 15.0. The van der Waals surface area contributed by atoms with Crippen molar-refractivity contribution in [1.82, 2.24) is 4.90 Å².